The molecule has 0 atom stereocenters. The van der Waals surface area contributed by atoms with Crippen molar-refractivity contribution in [1.29, 1.82) is 0 Å². The second-order valence-electron chi connectivity index (χ2n) is 9.54. The van der Waals surface area contributed by atoms with Crippen molar-refractivity contribution in [3.63, 3.8) is 0 Å². The molecular formula is C27H24ClF2N5O3S. The van der Waals surface area contributed by atoms with Crippen LogP contribution in [0.3, 0.4) is 0 Å². The predicted octanol–water partition coefficient (Wildman–Crippen LogP) is 5.12. The largest absolute Gasteiger partial charge is 0.485 e. The number of rotatable bonds is 6. The molecule has 0 aliphatic carbocycles. The van der Waals surface area contributed by atoms with Crippen LogP contribution < -0.4 is 15.6 Å². The number of hydrogen-bond donors (Lipinski definition) is 1. The fourth-order valence-corrected chi connectivity index (χ4v) is 5.45. The van der Waals surface area contributed by atoms with Gasteiger partial charge < -0.3 is 10.1 Å². The van der Waals surface area contributed by atoms with Crippen LogP contribution in [0.2, 0.25) is 5.02 Å². The Bertz CT molecular complexity index is 1740. The summed E-state index contributed by atoms with van der Waals surface area (Å²) in [5.41, 5.74) is 0.800. The average Bonchev–Trinajstić information content (AvgIpc) is 3.31. The lowest BCUT2D eigenvalue weighted by Gasteiger charge is -2.22. The zero-order valence-electron chi connectivity index (χ0n) is 23.1. The van der Waals surface area contributed by atoms with Gasteiger partial charge in [0.15, 0.2) is 5.82 Å². The van der Waals surface area contributed by atoms with Crippen molar-refractivity contribution in [2.24, 2.45) is 0 Å². The molecule has 39 heavy (non-hydrogen) atoms. The maximum Gasteiger partial charge on any atom is 0.277 e. The topological polar surface area (TPSA) is 99.0 Å². The van der Waals surface area contributed by atoms with E-state index in [1.165, 1.54) is 28.9 Å². The quantitative estimate of drug-likeness (QED) is 0.344. The molecule has 4 aromatic heterocycles. The minimum absolute atomic E-state index is 0.182. The van der Waals surface area contributed by atoms with Gasteiger partial charge in [-0.05, 0) is 44.7 Å². The molecule has 0 fully saturated rings. The Morgan fingerprint density at radius 3 is 2.77 bits per heavy atom. The number of pyridine rings is 3. The first-order chi connectivity index (χ1) is 19.3. The molecular weight excluding hydrogens is 548 g/mol. The van der Waals surface area contributed by atoms with Crippen LogP contribution >= 0.6 is 22.9 Å². The predicted molar refractivity (Wildman–Crippen MR) is 143 cm³/mol. The number of amides is 1. The number of hydrogen-bond acceptors (Lipinski definition) is 7. The van der Waals surface area contributed by atoms with Crippen molar-refractivity contribution in [2.75, 3.05) is 0 Å². The van der Waals surface area contributed by atoms with Gasteiger partial charge in [-0.1, -0.05) is 11.6 Å². The van der Waals surface area contributed by atoms with Crippen LogP contribution in [0.15, 0.2) is 40.8 Å². The molecule has 0 saturated carbocycles. The Labute approximate surface area is 234 Å². The van der Waals surface area contributed by atoms with Gasteiger partial charge in [-0.25, -0.2) is 13.8 Å². The molecule has 1 N–H and O–H groups in total. The summed E-state index contributed by atoms with van der Waals surface area (Å²) in [6, 6.07) is 3.67. The number of nitrogens with zero attached hydrogens (tertiary/aromatic N) is 4. The highest BCUT2D eigenvalue weighted by molar-refractivity contribution is 7.10. The number of ether oxygens (including phenoxy) is 1. The van der Waals surface area contributed by atoms with Gasteiger partial charge >= 0.3 is 0 Å². The molecule has 1 amide bonds. The lowest BCUT2D eigenvalue weighted by Crippen LogP contribution is -2.39. The molecule has 0 radical (unpaired) electrons. The van der Waals surface area contributed by atoms with E-state index in [1.54, 1.807) is 12.3 Å². The first kappa shape index (κ1) is 24.3. The summed E-state index contributed by atoms with van der Waals surface area (Å²) in [7, 11) is 0. The molecule has 1 aliphatic heterocycles. The van der Waals surface area contributed by atoms with Crippen LogP contribution in [0, 0.1) is 11.6 Å². The Kier molecular flexibility index (Phi) is 6.53. The summed E-state index contributed by atoms with van der Waals surface area (Å²) in [4.78, 5) is 37.9. The van der Waals surface area contributed by atoms with Gasteiger partial charge in [0.2, 0.25) is 5.91 Å². The summed E-state index contributed by atoms with van der Waals surface area (Å²) in [6.07, 6.45) is 4.05. The Hall–Kier alpha value is -3.70. The van der Waals surface area contributed by atoms with Gasteiger partial charge in [-0.15, -0.1) is 11.3 Å². The van der Waals surface area contributed by atoms with Crippen LogP contribution in [0.1, 0.15) is 51.9 Å². The Balaban J connectivity index is 1.55. The zero-order valence-corrected chi connectivity index (χ0v) is 22.7. The van der Waals surface area contributed by atoms with E-state index in [1.807, 2.05) is 19.2 Å². The molecule has 202 valence electrons. The molecule has 8 nitrogen and oxygen atoms in total. The first-order valence-corrected chi connectivity index (χ1v) is 13.2. The molecule has 0 saturated heterocycles. The van der Waals surface area contributed by atoms with Crippen molar-refractivity contribution in [1.82, 2.24) is 24.8 Å². The number of thiazole rings is 1. The number of halogens is 3. The Morgan fingerprint density at radius 1 is 1.23 bits per heavy atom. The Morgan fingerprint density at radius 2 is 2.03 bits per heavy atom. The van der Waals surface area contributed by atoms with Gasteiger partial charge in [0.1, 0.15) is 39.5 Å². The third-order valence-electron chi connectivity index (χ3n) is 6.13. The summed E-state index contributed by atoms with van der Waals surface area (Å²) < 4.78 is 50.8. The van der Waals surface area contributed by atoms with Crippen LogP contribution in [-0.2, 0) is 29.7 Å². The van der Waals surface area contributed by atoms with Crippen LogP contribution in [0.5, 0.6) is 5.75 Å². The van der Waals surface area contributed by atoms with E-state index < -0.39 is 40.0 Å². The normalized spacial score (nSPS) is 14.0. The van der Waals surface area contributed by atoms with E-state index in [0.717, 1.165) is 5.56 Å². The molecule has 0 spiro atoms. The van der Waals surface area contributed by atoms with E-state index in [9.17, 15) is 18.4 Å². The molecule has 5 heterocycles. The number of aromatic nitrogens is 4. The van der Waals surface area contributed by atoms with Gasteiger partial charge in [-0.2, -0.15) is 0 Å². The number of fused-ring (bicyclic) bond motifs is 3. The number of carbonyl (C=O) groups excluding carboxylic acids is 1. The first-order valence-electron chi connectivity index (χ1n) is 13.0. The molecule has 5 rings (SSSR count). The fourth-order valence-electron chi connectivity index (χ4n) is 4.37. The summed E-state index contributed by atoms with van der Waals surface area (Å²) >= 11 is 7.77. The van der Waals surface area contributed by atoms with E-state index in [0.29, 0.717) is 59.3 Å². The zero-order chi connectivity index (χ0) is 29.7. The highest BCUT2D eigenvalue weighted by Crippen LogP contribution is 2.33. The van der Waals surface area contributed by atoms with E-state index in [4.69, 9.17) is 19.1 Å². The maximum atomic E-state index is 14.3. The van der Waals surface area contributed by atoms with Gasteiger partial charge in [0.25, 0.3) is 5.56 Å². The van der Waals surface area contributed by atoms with Crippen molar-refractivity contribution < 1.29 is 21.1 Å². The van der Waals surface area contributed by atoms with E-state index >= 15 is 0 Å². The van der Waals surface area contributed by atoms with Crippen LogP contribution in [-0.4, -0.2) is 25.4 Å². The minimum Gasteiger partial charge on any atom is -0.485 e. The third kappa shape index (κ3) is 5.41. The van der Waals surface area contributed by atoms with Crippen molar-refractivity contribution >= 4 is 28.8 Å². The van der Waals surface area contributed by atoms with Gasteiger partial charge in [0.05, 0.1) is 25.9 Å². The number of carbonyl (C=O) groups is 1. The molecule has 1 aliphatic rings. The second kappa shape index (κ2) is 10.5. The van der Waals surface area contributed by atoms with Gasteiger partial charge in [-0.3, -0.25) is 24.1 Å². The number of nitrogens with one attached hydrogen (secondary N) is 1. The molecule has 12 heteroatoms. The van der Waals surface area contributed by atoms with Crippen LogP contribution in [0.4, 0.5) is 8.78 Å². The summed E-state index contributed by atoms with van der Waals surface area (Å²) in [5, 5.41) is 4.96. The summed E-state index contributed by atoms with van der Waals surface area (Å²) in [6.45, 7) is 2.29. The molecule has 0 aromatic carbocycles. The van der Waals surface area contributed by atoms with E-state index in [-0.39, 0.29) is 11.7 Å². The lowest BCUT2D eigenvalue weighted by molar-refractivity contribution is -0.120. The highest BCUT2D eigenvalue weighted by atomic mass is 35.5. The molecule has 4 aromatic rings. The fraction of sp³-hybridized carbons (Fsp3) is 0.296. The standard InChI is InChI=1S/C27H24ClF2N5O3S/c1-14(36)34-27(2,3)26-33-21(13-39-26)19-9-22-15(10-31-19)5-4-6-17-8-23(24(28)25(37)35(17)22)38-12-20-18(30)7-16(29)11-32-20/h7-11,13H,4-6,12H2,1-3H3,(H,34,36)/i12D2. The average molecular weight is 574 g/mol. The monoisotopic (exact) mass is 573 g/mol. The van der Waals surface area contributed by atoms with Crippen molar-refractivity contribution in [3.05, 3.63) is 84.9 Å². The van der Waals surface area contributed by atoms with Crippen molar-refractivity contribution in [3.8, 4) is 22.8 Å². The second-order valence-corrected chi connectivity index (χ2v) is 10.8. The molecule has 0 bridgehead atoms. The maximum absolute atomic E-state index is 14.3. The van der Waals surface area contributed by atoms with Crippen LogP contribution in [0.25, 0.3) is 17.1 Å². The highest BCUT2D eigenvalue weighted by Gasteiger charge is 2.26. The number of aryl methyl sites for hydroxylation is 2. The minimum atomic E-state index is -2.85. The summed E-state index contributed by atoms with van der Waals surface area (Å²) in [5.74, 6) is -2.68. The smallest absolute Gasteiger partial charge is 0.277 e. The van der Waals surface area contributed by atoms with E-state index in [2.05, 4.69) is 20.3 Å². The molecule has 0 unspecified atom stereocenters. The van der Waals surface area contributed by atoms with Crippen molar-refractivity contribution in [2.45, 2.75) is 52.1 Å². The third-order valence-corrected chi connectivity index (χ3v) is 7.64. The lowest BCUT2D eigenvalue weighted by atomic mass is 10.1. The van der Waals surface area contributed by atoms with Gasteiger partial charge in [0, 0.05) is 36.3 Å². The SMILES string of the molecule is [2H]C([2H])(Oc1cc2n(c(=O)c1Cl)-c1cc(-c3csc(C(C)(C)NC(C)=O)n3)ncc1CCC2)c1ncc(F)cc1F.